The van der Waals surface area contributed by atoms with Gasteiger partial charge in [-0.2, -0.15) is 0 Å². The number of alkyl halides is 4. The lowest BCUT2D eigenvalue weighted by Crippen LogP contribution is -2.32. The number of benzene rings is 1. The number of para-hydroxylation sites is 1. The van der Waals surface area contributed by atoms with Gasteiger partial charge in [0.15, 0.2) is 3.79 Å². The van der Waals surface area contributed by atoms with Crippen molar-refractivity contribution in [2.24, 2.45) is 5.41 Å². The molecule has 0 aromatic heterocycles. The molecule has 2 nitrogen and oxygen atoms in total. The molecule has 0 aliphatic rings. The highest BCUT2D eigenvalue weighted by Crippen LogP contribution is 2.40. The Morgan fingerprint density at radius 3 is 2.25 bits per heavy atom. The zero-order valence-corrected chi connectivity index (χ0v) is 14.3. The van der Waals surface area contributed by atoms with Gasteiger partial charge in [-0.3, -0.25) is 4.79 Å². The van der Waals surface area contributed by atoms with Crippen LogP contribution in [0.1, 0.15) is 26.7 Å². The minimum Gasteiger partial charge on any atom is -0.326 e. The number of nitrogens with one attached hydrogen (secondary N) is 1. The fraction of sp³-hybridized carbons (Fsp3) is 0.500. The van der Waals surface area contributed by atoms with Crippen molar-refractivity contribution < 1.29 is 4.79 Å². The fourth-order valence-corrected chi connectivity index (χ4v) is 2.74. The number of carbonyl (C=O) groups is 1. The molecule has 1 rings (SSSR count). The Morgan fingerprint density at radius 2 is 1.75 bits per heavy atom. The first kappa shape index (κ1) is 17.9. The van der Waals surface area contributed by atoms with Gasteiger partial charge in [-0.15, -0.1) is 11.6 Å². The first-order chi connectivity index (χ1) is 9.10. The molecule has 1 aromatic rings. The van der Waals surface area contributed by atoms with Crippen molar-refractivity contribution in [2.75, 3.05) is 5.32 Å². The van der Waals surface area contributed by atoms with Gasteiger partial charge in [-0.1, -0.05) is 66.8 Å². The van der Waals surface area contributed by atoms with Gasteiger partial charge >= 0.3 is 0 Å². The second-order valence-corrected chi connectivity index (χ2v) is 8.41. The van der Waals surface area contributed by atoms with Crippen LogP contribution >= 0.6 is 46.4 Å². The Hall–Kier alpha value is -0.150. The predicted molar refractivity (Wildman–Crippen MR) is 88.0 cm³/mol. The average Bonchev–Trinajstić information content (AvgIpc) is 2.26. The molecule has 0 fully saturated rings. The molecule has 1 atom stereocenters. The smallest absolute Gasteiger partial charge is 0.224 e. The van der Waals surface area contributed by atoms with E-state index in [2.05, 4.69) is 5.32 Å². The summed E-state index contributed by atoms with van der Waals surface area (Å²) in [6.07, 6.45) is 0.432. The molecular weight excluding hydrogens is 340 g/mol. The van der Waals surface area contributed by atoms with Crippen LogP contribution in [0.5, 0.6) is 0 Å². The van der Waals surface area contributed by atoms with Crippen LogP contribution in [-0.4, -0.2) is 15.1 Å². The van der Waals surface area contributed by atoms with Gasteiger partial charge in [0.1, 0.15) is 0 Å². The van der Waals surface area contributed by atoms with Crippen molar-refractivity contribution in [1.29, 1.82) is 0 Å². The van der Waals surface area contributed by atoms with Gasteiger partial charge < -0.3 is 5.32 Å². The Balaban J connectivity index is 2.59. The van der Waals surface area contributed by atoms with Crippen LogP contribution < -0.4 is 5.32 Å². The minimum absolute atomic E-state index is 0.115. The van der Waals surface area contributed by atoms with E-state index in [1.807, 2.05) is 44.2 Å². The maximum Gasteiger partial charge on any atom is 0.224 e. The summed E-state index contributed by atoms with van der Waals surface area (Å²) in [4.78, 5) is 12.0. The molecule has 0 saturated heterocycles. The zero-order chi connectivity index (χ0) is 15.4. The Kier molecular flexibility index (Phi) is 6.46. The molecule has 0 aliphatic carbocycles. The van der Waals surface area contributed by atoms with Crippen LogP contribution in [0.15, 0.2) is 30.3 Å². The van der Waals surface area contributed by atoms with E-state index < -0.39 is 14.6 Å². The van der Waals surface area contributed by atoms with E-state index in [1.165, 1.54) is 0 Å². The van der Waals surface area contributed by atoms with Crippen LogP contribution in [0.2, 0.25) is 0 Å². The molecule has 6 heteroatoms. The van der Waals surface area contributed by atoms with Crippen molar-refractivity contribution in [2.45, 2.75) is 35.9 Å². The van der Waals surface area contributed by atoms with Gasteiger partial charge in [-0.05, 0) is 17.5 Å². The Bertz CT molecular complexity index is 442. The highest BCUT2D eigenvalue weighted by atomic mass is 35.6. The number of hydrogen-bond acceptors (Lipinski definition) is 1. The van der Waals surface area contributed by atoms with E-state index >= 15 is 0 Å². The van der Waals surface area contributed by atoms with Crippen LogP contribution in [0, 0.1) is 5.41 Å². The van der Waals surface area contributed by atoms with E-state index in [4.69, 9.17) is 46.4 Å². The highest BCUT2D eigenvalue weighted by Gasteiger charge is 2.36. The van der Waals surface area contributed by atoms with E-state index in [1.54, 1.807) is 0 Å². The van der Waals surface area contributed by atoms with Crippen molar-refractivity contribution in [3.05, 3.63) is 30.3 Å². The number of carbonyl (C=O) groups excluding carboxylic acids is 1. The van der Waals surface area contributed by atoms with Gasteiger partial charge in [0.25, 0.3) is 0 Å². The van der Waals surface area contributed by atoms with Gasteiger partial charge in [0, 0.05) is 23.9 Å². The summed E-state index contributed by atoms with van der Waals surface area (Å²) < 4.78 is -1.42. The van der Waals surface area contributed by atoms with E-state index in [0.29, 0.717) is 0 Å². The van der Waals surface area contributed by atoms with Gasteiger partial charge in [-0.25, -0.2) is 0 Å². The number of halogens is 4. The molecule has 0 aliphatic heterocycles. The third kappa shape index (κ3) is 6.53. The van der Waals surface area contributed by atoms with Crippen LogP contribution in [0.4, 0.5) is 5.69 Å². The second kappa shape index (κ2) is 7.22. The molecule has 0 saturated carbocycles. The van der Waals surface area contributed by atoms with Crippen molar-refractivity contribution in [3.63, 3.8) is 0 Å². The maximum absolute atomic E-state index is 12.0. The van der Waals surface area contributed by atoms with Crippen LogP contribution in [-0.2, 0) is 4.79 Å². The van der Waals surface area contributed by atoms with Crippen LogP contribution in [0.3, 0.4) is 0 Å². The monoisotopic (exact) mass is 355 g/mol. The lowest BCUT2D eigenvalue weighted by molar-refractivity contribution is -0.118. The molecule has 1 amide bonds. The Labute approximate surface area is 139 Å². The van der Waals surface area contributed by atoms with E-state index in [0.717, 1.165) is 5.69 Å². The Morgan fingerprint density at radius 1 is 1.20 bits per heavy atom. The summed E-state index contributed by atoms with van der Waals surface area (Å²) in [7, 11) is 0. The molecule has 0 heterocycles. The summed E-state index contributed by atoms with van der Waals surface area (Å²) in [5.41, 5.74) is 0.269. The third-order valence-corrected chi connectivity index (χ3v) is 4.14. The predicted octanol–water partition coefficient (Wildman–Crippen LogP) is 5.41. The lowest BCUT2D eigenvalue weighted by Gasteiger charge is -2.31. The summed E-state index contributed by atoms with van der Waals surface area (Å²) >= 11 is 23.5. The highest BCUT2D eigenvalue weighted by molar-refractivity contribution is 6.67. The number of hydrogen-bond donors (Lipinski definition) is 1. The number of rotatable bonds is 5. The average molecular weight is 357 g/mol. The standard InChI is InChI=1S/C14H17Cl4NO/c1-13(2,11(15)8-14(16,17)18)9-12(20)19-10-6-4-3-5-7-10/h3-7,11H,8-9H2,1-2H3,(H,19,20). The molecular formula is C14H17Cl4NO. The minimum atomic E-state index is -1.42. The number of amides is 1. The van der Waals surface area contributed by atoms with Crippen molar-refractivity contribution >= 4 is 58.0 Å². The summed E-state index contributed by atoms with van der Waals surface area (Å²) in [6, 6.07) is 9.24. The SMILES string of the molecule is CC(C)(CC(=O)Nc1ccccc1)C(Cl)CC(Cl)(Cl)Cl. The summed E-state index contributed by atoms with van der Waals surface area (Å²) in [6.45, 7) is 3.76. The quantitative estimate of drug-likeness (QED) is 0.702. The summed E-state index contributed by atoms with van der Waals surface area (Å²) in [5, 5.41) is 2.40. The van der Waals surface area contributed by atoms with Crippen molar-refractivity contribution in [3.8, 4) is 0 Å². The molecule has 112 valence electrons. The van der Waals surface area contributed by atoms with E-state index in [-0.39, 0.29) is 18.7 Å². The maximum atomic E-state index is 12.0. The van der Waals surface area contributed by atoms with Crippen LogP contribution in [0.25, 0.3) is 0 Å². The van der Waals surface area contributed by atoms with E-state index in [9.17, 15) is 4.79 Å². The molecule has 0 radical (unpaired) electrons. The molecule has 1 aromatic carbocycles. The fourth-order valence-electron chi connectivity index (χ4n) is 1.73. The first-order valence-corrected chi connectivity index (χ1v) is 7.73. The molecule has 1 N–H and O–H groups in total. The normalized spacial score (nSPS) is 13.9. The second-order valence-electron chi connectivity index (χ2n) is 5.37. The number of anilines is 1. The van der Waals surface area contributed by atoms with Gasteiger partial charge in [0.2, 0.25) is 5.91 Å². The zero-order valence-electron chi connectivity index (χ0n) is 11.3. The molecule has 1 unspecified atom stereocenters. The lowest BCUT2D eigenvalue weighted by atomic mass is 9.83. The third-order valence-electron chi connectivity index (χ3n) is 2.93. The summed E-state index contributed by atoms with van der Waals surface area (Å²) in [5.74, 6) is -0.115. The molecule has 0 spiro atoms. The largest absolute Gasteiger partial charge is 0.326 e. The van der Waals surface area contributed by atoms with Crippen molar-refractivity contribution in [1.82, 2.24) is 0 Å². The molecule has 20 heavy (non-hydrogen) atoms. The molecule has 0 bridgehead atoms. The topological polar surface area (TPSA) is 29.1 Å². The first-order valence-electron chi connectivity index (χ1n) is 6.16. The van der Waals surface area contributed by atoms with Gasteiger partial charge in [0.05, 0.1) is 0 Å².